The number of unbranched alkanes of at least 4 members (excludes halogenated alkanes) is 3. The maximum atomic E-state index is 12.0. The van der Waals surface area contributed by atoms with E-state index in [0.717, 1.165) is 50.9 Å². The van der Waals surface area contributed by atoms with Crippen LogP contribution in [-0.2, 0) is 4.79 Å². The number of carboxylic acid groups (broad SMARTS) is 1. The van der Waals surface area contributed by atoms with Crippen LogP contribution in [0.4, 0.5) is 4.79 Å². The Kier molecular flexibility index (Phi) is 8.49. The topological polar surface area (TPSA) is 69.6 Å². The van der Waals surface area contributed by atoms with Crippen LogP contribution in [-0.4, -0.2) is 52.6 Å². The van der Waals surface area contributed by atoms with Gasteiger partial charge in [-0.15, -0.1) is 0 Å². The Labute approximate surface area is 125 Å². The fourth-order valence-corrected chi connectivity index (χ4v) is 3.39. The largest absolute Gasteiger partial charge is 0.481 e. The van der Waals surface area contributed by atoms with Crippen molar-refractivity contribution in [1.29, 1.82) is 0 Å². The monoisotopic (exact) mass is 302 g/mol. The van der Waals surface area contributed by atoms with Crippen molar-refractivity contribution in [3.63, 3.8) is 0 Å². The molecule has 0 aromatic carbocycles. The second kappa shape index (κ2) is 9.91. The number of thioether (sulfide) groups is 1. The Morgan fingerprint density at radius 1 is 1.30 bits per heavy atom. The fourth-order valence-electron chi connectivity index (χ4n) is 2.21. The van der Waals surface area contributed by atoms with Crippen molar-refractivity contribution in [2.45, 2.75) is 50.7 Å². The molecular formula is C14H26N2O3S. The van der Waals surface area contributed by atoms with Gasteiger partial charge in [0, 0.05) is 37.1 Å². The van der Waals surface area contributed by atoms with Gasteiger partial charge in [-0.3, -0.25) is 4.79 Å². The highest BCUT2D eigenvalue weighted by Crippen LogP contribution is 2.20. The predicted octanol–water partition coefficient (Wildman–Crippen LogP) is 2.56. The molecule has 1 saturated heterocycles. The van der Waals surface area contributed by atoms with Crippen molar-refractivity contribution >= 4 is 23.8 Å². The van der Waals surface area contributed by atoms with Crippen LogP contribution in [0.1, 0.15) is 45.4 Å². The second-order valence-electron chi connectivity index (χ2n) is 5.14. The summed E-state index contributed by atoms with van der Waals surface area (Å²) < 4.78 is 0. The van der Waals surface area contributed by atoms with Gasteiger partial charge in [0.15, 0.2) is 0 Å². The van der Waals surface area contributed by atoms with E-state index in [4.69, 9.17) is 5.11 Å². The van der Waals surface area contributed by atoms with Crippen molar-refractivity contribution < 1.29 is 14.7 Å². The van der Waals surface area contributed by atoms with Crippen LogP contribution in [0.15, 0.2) is 0 Å². The summed E-state index contributed by atoms with van der Waals surface area (Å²) in [4.78, 5) is 24.2. The summed E-state index contributed by atoms with van der Waals surface area (Å²) in [6.45, 7) is 4.54. The molecule has 0 aromatic heterocycles. The number of amides is 2. The molecule has 0 bridgehead atoms. The molecule has 2 amide bonds. The number of carbonyl (C=O) groups excluding carboxylic acids is 1. The maximum Gasteiger partial charge on any atom is 0.317 e. The molecule has 1 heterocycles. The standard InChI is InChI=1S/C14H26N2O3S/c1-2-12-11-16(9-10-20-12)14(19)15-8-6-4-3-5-7-13(17)18/h12H,2-11H2,1H3,(H,15,19)(H,17,18). The summed E-state index contributed by atoms with van der Waals surface area (Å²) in [5.41, 5.74) is 0. The minimum absolute atomic E-state index is 0.0503. The Morgan fingerprint density at radius 2 is 2.05 bits per heavy atom. The van der Waals surface area contributed by atoms with Gasteiger partial charge in [-0.25, -0.2) is 4.79 Å². The van der Waals surface area contributed by atoms with E-state index in [1.54, 1.807) is 0 Å². The smallest absolute Gasteiger partial charge is 0.317 e. The SMILES string of the molecule is CCC1CN(C(=O)NCCCCCCC(=O)O)CCS1. The number of carbonyl (C=O) groups is 2. The first-order valence-electron chi connectivity index (χ1n) is 7.49. The molecule has 0 radical (unpaired) electrons. The van der Waals surface area contributed by atoms with Crippen LogP contribution in [0.25, 0.3) is 0 Å². The average molecular weight is 302 g/mol. The lowest BCUT2D eigenvalue weighted by Gasteiger charge is -2.31. The Morgan fingerprint density at radius 3 is 2.75 bits per heavy atom. The van der Waals surface area contributed by atoms with E-state index in [1.165, 1.54) is 0 Å². The molecule has 2 N–H and O–H groups in total. The molecule has 116 valence electrons. The van der Waals surface area contributed by atoms with Crippen molar-refractivity contribution in [2.24, 2.45) is 0 Å². The normalized spacial score (nSPS) is 18.9. The highest BCUT2D eigenvalue weighted by molar-refractivity contribution is 8.00. The highest BCUT2D eigenvalue weighted by Gasteiger charge is 2.22. The number of aliphatic carboxylic acids is 1. The molecule has 0 aromatic rings. The van der Waals surface area contributed by atoms with Crippen LogP contribution >= 0.6 is 11.8 Å². The zero-order valence-electron chi connectivity index (χ0n) is 12.3. The van der Waals surface area contributed by atoms with Gasteiger partial charge in [-0.05, 0) is 19.3 Å². The van der Waals surface area contributed by atoms with Gasteiger partial charge < -0.3 is 15.3 Å². The van der Waals surface area contributed by atoms with E-state index in [2.05, 4.69) is 12.2 Å². The third-order valence-electron chi connectivity index (χ3n) is 3.47. The van der Waals surface area contributed by atoms with Gasteiger partial charge in [0.1, 0.15) is 0 Å². The second-order valence-corrected chi connectivity index (χ2v) is 6.55. The summed E-state index contributed by atoms with van der Waals surface area (Å²) in [5, 5.41) is 12.0. The van der Waals surface area contributed by atoms with Crippen LogP contribution in [0.5, 0.6) is 0 Å². The molecule has 6 heteroatoms. The summed E-state index contributed by atoms with van der Waals surface area (Å²) in [6.07, 6.45) is 4.89. The van der Waals surface area contributed by atoms with E-state index in [0.29, 0.717) is 11.8 Å². The van der Waals surface area contributed by atoms with Crippen LogP contribution in [0.3, 0.4) is 0 Å². The van der Waals surface area contributed by atoms with Gasteiger partial charge in [0.05, 0.1) is 0 Å². The average Bonchev–Trinajstić information content (AvgIpc) is 2.45. The van der Waals surface area contributed by atoms with Gasteiger partial charge >= 0.3 is 12.0 Å². The van der Waals surface area contributed by atoms with Crippen LogP contribution < -0.4 is 5.32 Å². The molecule has 1 aliphatic heterocycles. The molecule has 1 aliphatic rings. The molecular weight excluding hydrogens is 276 g/mol. The molecule has 5 nitrogen and oxygen atoms in total. The number of hydrogen-bond donors (Lipinski definition) is 2. The lowest BCUT2D eigenvalue weighted by molar-refractivity contribution is -0.137. The molecule has 1 rings (SSSR count). The summed E-state index contributed by atoms with van der Waals surface area (Å²) >= 11 is 1.95. The first-order valence-corrected chi connectivity index (χ1v) is 8.54. The van der Waals surface area contributed by atoms with Crippen molar-refractivity contribution in [2.75, 3.05) is 25.4 Å². The van der Waals surface area contributed by atoms with Gasteiger partial charge in [-0.2, -0.15) is 11.8 Å². The number of nitrogens with one attached hydrogen (secondary N) is 1. The molecule has 0 aliphatic carbocycles. The number of urea groups is 1. The van der Waals surface area contributed by atoms with Crippen molar-refractivity contribution in [1.82, 2.24) is 10.2 Å². The Hall–Kier alpha value is -0.910. The number of hydrogen-bond acceptors (Lipinski definition) is 3. The lowest BCUT2D eigenvalue weighted by Crippen LogP contribution is -2.47. The van der Waals surface area contributed by atoms with E-state index in [9.17, 15) is 9.59 Å². The van der Waals surface area contributed by atoms with Gasteiger partial charge in [0.25, 0.3) is 0 Å². The minimum atomic E-state index is -0.730. The first-order chi connectivity index (χ1) is 9.63. The molecule has 1 fully saturated rings. The van der Waals surface area contributed by atoms with E-state index in [1.807, 2.05) is 16.7 Å². The van der Waals surface area contributed by atoms with Crippen LogP contribution in [0, 0.1) is 0 Å². The third-order valence-corrected chi connectivity index (χ3v) is 4.85. The fraction of sp³-hybridized carbons (Fsp3) is 0.857. The molecule has 1 atom stereocenters. The zero-order chi connectivity index (χ0) is 14.8. The maximum absolute atomic E-state index is 12.0. The van der Waals surface area contributed by atoms with Gasteiger partial charge in [0.2, 0.25) is 0 Å². The minimum Gasteiger partial charge on any atom is -0.481 e. The number of nitrogens with zero attached hydrogens (tertiary/aromatic N) is 1. The highest BCUT2D eigenvalue weighted by atomic mass is 32.2. The lowest BCUT2D eigenvalue weighted by atomic mass is 10.1. The number of rotatable bonds is 8. The zero-order valence-corrected chi connectivity index (χ0v) is 13.1. The van der Waals surface area contributed by atoms with E-state index < -0.39 is 5.97 Å². The first kappa shape index (κ1) is 17.1. The molecule has 0 spiro atoms. The summed E-state index contributed by atoms with van der Waals surface area (Å²) in [7, 11) is 0. The third kappa shape index (κ3) is 7.03. The van der Waals surface area contributed by atoms with Crippen molar-refractivity contribution in [3.8, 4) is 0 Å². The van der Waals surface area contributed by atoms with E-state index >= 15 is 0 Å². The Balaban J connectivity index is 2.03. The van der Waals surface area contributed by atoms with E-state index in [-0.39, 0.29) is 12.5 Å². The predicted molar refractivity (Wildman–Crippen MR) is 82.2 cm³/mol. The summed E-state index contributed by atoms with van der Waals surface area (Å²) in [5.74, 6) is 0.299. The van der Waals surface area contributed by atoms with Crippen molar-refractivity contribution in [3.05, 3.63) is 0 Å². The molecule has 1 unspecified atom stereocenters. The van der Waals surface area contributed by atoms with Crippen LogP contribution in [0.2, 0.25) is 0 Å². The summed E-state index contributed by atoms with van der Waals surface area (Å²) in [6, 6.07) is 0.0503. The quantitative estimate of drug-likeness (QED) is 0.676. The number of carboxylic acids is 1. The molecule has 20 heavy (non-hydrogen) atoms. The van der Waals surface area contributed by atoms with Gasteiger partial charge in [-0.1, -0.05) is 19.8 Å². The molecule has 0 saturated carbocycles. The Bertz CT molecular complexity index is 313.